The van der Waals surface area contributed by atoms with Gasteiger partial charge in [-0.3, -0.25) is 4.40 Å². The van der Waals surface area contributed by atoms with Gasteiger partial charge in [-0.05, 0) is 49.2 Å². The molecule has 110 valence electrons. The molecule has 0 unspecified atom stereocenters. The molecule has 0 aliphatic heterocycles. The quantitative estimate of drug-likeness (QED) is 0.739. The summed E-state index contributed by atoms with van der Waals surface area (Å²) >= 11 is 0. The molecule has 2 heterocycles. The van der Waals surface area contributed by atoms with Gasteiger partial charge in [-0.2, -0.15) is 0 Å². The summed E-state index contributed by atoms with van der Waals surface area (Å²) in [4.78, 5) is 15.5. The van der Waals surface area contributed by atoms with E-state index in [0.29, 0.717) is 11.3 Å². The molecule has 0 saturated carbocycles. The van der Waals surface area contributed by atoms with Crippen LogP contribution in [0.1, 0.15) is 21.6 Å². The first-order chi connectivity index (χ1) is 10.5. The van der Waals surface area contributed by atoms with Crippen LogP contribution in [0.5, 0.6) is 0 Å². The smallest absolute Gasteiger partial charge is 0.358 e. The highest BCUT2D eigenvalue weighted by atomic mass is 16.4. The van der Waals surface area contributed by atoms with E-state index in [9.17, 15) is 9.90 Å². The molecule has 0 aliphatic rings. The molecule has 0 spiro atoms. The Balaban J connectivity index is 2.12. The van der Waals surface area contributed by atoms with Crippen molar-refractivity contribution in [3.05, 3.63) is 59.4 Å². The predicted molar refractivity (Wildman–Crippen MR) is 82.2 cm³/mol. The summed E-state index contributed by atoms with van der Waals surface area (Å²) < 4.78 is 1.62. The zero-order valence-electron chi connectivity index (χ0n) is 12.2. The fourth-order valence-corrected chi connectivity index (χ4v) is 2.17. The van der Waals surface area contributed by atoms with E-state index in [1.807, 2.05) is 44.2 Å². The molecule has 0 radical (unpaired) electrons. The summed E-state index contributed by atoms with van der Waals surface area (Å²) in [5, 5.41) is 17.5. The van der Waals surface area contributed by atoms with Crippen molar-refractivity contribution in [2.45, 2.75) is 13.8 Å². The molecule has 22 heavy (non-hydrogen) atoms. The molecule has 0 saturated heterocycles. The molecule has 2 aromatic heterocycles. The summed E-state index contributed by atoms with van der Waals surface area (Å²) in [7, 11) is 0. The second-order valence-electron chi connectivity index (χ2n) is 5.06. The van der Waals surface area contributed by atoms with Crippen LogP contribution < -0.4 is 0 Å². The minimum absolute atomic E-state index is 0.109. The summed E-state index contributed by atoms with van der Waals surface area (Å²) in [5.74, 6) is -0.913. The van der Waals surface area contributed by atoms with Crippen molar-refractivity contribution in [3.63, 3.8) is 0 Å². The van der Waals surface area contributed by atoms with Crippen LogP contribution in [0, 0.1) is 13.8 Å². The third kappa shape index (κ3) is 2.58. The van der Waals surface area contributed by atoms with E-state index in [-0.39, 0.29) is 11.5 Å². The van der Waals surface area contributed by atoms with Crippen LogP contribution >= 0.6 is 0 Å². The van der Waals surface area contributed by atoms with Crippen molar-refractivity contribution >= 4 is 23.1 Å². The Morgan fingerprint density at radius 2 is 1.91 bits per heavy atom. The number of imidazole rings is 1. The molecule has 6 nitrogen and oxygen atoms in total. The maximum atomic E-state index is 11.4. The Labute approximate surface area is 126 Å². The van der Waals surface area contributed by atoms with Crippen molar-refractivity contribution in [1.29, 1.82) is 0 Å². The van der Waals surface area contributed by atoms with Crippen LogP contribution in [0.3, 0.4) is 0 Å². The Morgan fingerprint density at radius 1 is 1.14 bits per heavy atom. The van der Waals surface area contributed by atoms with Crippen LogP contribution in [0.15, 0.2) is 52.8 Å². The van der Waals surface area contributed by atoms with E-state index in [0.717, 1.165) is 11.1 Å². The van der Waals surface area contributed by atoms with Gasteiger partial charge in [0, 0.05) is 6.20 Å². The lowest BCUT2D eigenvalue weighted by atomic mass is 10.2. The second-order valence-corrected chi connectivity index (χ2v) is 5.06. The first-order valence-electron chi connectivity index (χ1n) is 6.75. The molecule has 3 rings (SSSR count). The zero-order chi connectivity index (χ0) is 15.7. The topological polar surface area (TPSA) is 79.3 Å². The number of hydrogen-bond acceptors (Lipinski definition) is 4. The molecule has 0 aliphatic carbocycles. The summed E-state index contributed by atoms with van der Waals surface area (Å²) in [6.07, 6.45) is 1.74. The Bertz CT molecular complexity index is 896. The summed E-state index contributed by atoms with van der Waals surface area (Å²) in [6.45, 7) is 3.88. The SMILES string of the molecule is Cc1cccc(N=Nc2c(C(=O)O)nc3cc(C)ccn23)c1. The maximum Gasteiger partial charge on any atom is 0.358 e. The lowest BCUT2D eigenvalue weighted by Gasteiger charge is -1.98. The number of aryl methyl sites for hydroxylation is 2. The van der Waals surface area contributed by atoms with Gasteiger partial charge in [-0.25, -0.2) is 9.78 Å². The largest absolute Gasteiger partial charge is 0.476 e. The number of benzene rings is 1. The molecular formula is C16H14N4O2. The fourth-order valence-electron chi connectivity index (χ4n) is 2.17. The number of carboxylic acid groups (broad SMARTS) is 1. The molecule has 3 aromatic rings. The number of rotatable bonds is 3. The third-order valence-electron chi connectivity index (χ3n) is 3.22. The van der Waals surface area contributed by atoms with Crippen molar-refractivity contribution in [3.8, 4) is 0 Å². The van der Waals surface area contributed by atoms with Crippen LogP contribution in [0.4, 0.5) is 11.5 Å². The highest BCUT2D eigenvalue weighted by Crippen LogP contribution is 2.25. The lowest BCUT2D eigenvalue weighted by molar-refractivity contribution is 0.0692. The standard InChI is InChI=1S/C16H14N4O2/c1-10-4-3-5-12(8-10)18-19-15-14(16(21)22)17-13-9-11(2)6-7-20(13)15/h3-9H,1-2H3,(H,21,22). The van der Waals surface area contributed by atoms with Gasteiger partial charge in [0.1, 0.15) is 5.65 Å². The van der Waals surface area contributed by atoms with Gasteiger partial charge in [0.25, 0.3) is 0 Å². The van der Waals surface area contributed by atoms with E-state index in [1.165, 1.54) is 0 Å². The molecule has 6 heteroatoms. The maximum absolute atomic E-state index is 11.4. The molecular weight excluding hydrogens is 280 g/mol. The van der Waals surface area contributed by atoms with Gasteiger partial charge < -0.3 is 5.11 Å². The highest BCUT2D eigenvalue weighted by Gasteiger charge is 2.18. The minimum Gasteiger partial charge on any atom is -0.476 e. The zero-order valence-corrected chi connectivity index (χ0v) is 12.2. The monoisotopic (exact) mass is 294 g/mol. The fraction of sp³-hybridized carbons (Fsp3) is 0.125. The molecule has 0 fully saturated rings. The van der Waals surface area contributed by atoms with Crippen molar-refractivity contribution in [2.75, 3.05) is 0 Å². The Hall–Kier alpha value is -3.02. The van der Waals surface area contributed by atoms with E-state index < -0.39 is 5.97 Å². The van der Waals surface area contributed by atoms with Gasteiger partial charge in [-0.1, -0.05) is 12.1 Å². The Kier molecular flexibility index (Phi) is 3.42. The number of aromatic nitrogens is 2. The van der Waals surface area contributed by atoms with E-state index >= 15 is 0 Å². The normalized spacial score (nSPS) is 11.4. The van der Waals surface area contributed by atoms with Gasteiger partial charge >= 0.3 is 5.97 Å². The number of pyridine rings is 1. The average Bonchev–Trinajstić information content (AvgIpc) is 2.83. The molecule has 0 atom stereocenters. The molecule has 1 aromatic carbocycles. The van der Waals surface area contributed by atoms with Gasteiger partial charge in [0.05, 0.1) is 5.69 Å². The van der Waals surface area contributed by atoms with Crippen LogP contribution in [-0.2, 0) is 0 Å². The molecule has 0 amide bonds. The van der Waals surface area contributed by atoms with Crippen molar-refractivity contribution in [1.82, 2.24) is 9.38 Å². The van der Waals surface area contributed by atoms with Crippen molar-refractivity contribution in [2.24, 2.45) is 10.2 Å². The van der Waals surface area contributed by atoms with Gasteiger partial charge in [-0.15, -0.1) is 10.2 Å². The van der Waals surface area contributed by atoms with E-state index in [2.05, 4.69) is 15.2 Å². The number of azo groups is 1. The Morgan fingerprint density at radius 3 is 2.64 bits per heavy atom. The molecule has 1 N–H and O–H groups in total. The van der Waals surface area contributed by atoms with Crippen LogP contribution in [0.2, 0.25) is 0 Å². The predicted octanol–water partition coefficient (Wildman–Crippen LogP) is 4.06. The van der Waals surface area contributed by atoms with Crippen LogP contribution in [0.25, 0.3) is 5.65 Å². The number of hydrogen-bond donors (Lipinski definition) is 1. The highest BCUT2D eigenvalue weighted by molar-refractivity contribution is 5.91. The van der Waals surface area contributed by atoms with Gasteiger partial charge in [0.15, 0.2) is 11.5 Å². The first kappa shape index (κ1) is 13.9. The third-order valence-corrected chi connectivity index (χ3v) is 3.22. The molecule has 0 bridgehead atoms. The van der Waals surface area contributed by atoms with E-state index in [4.69, 9.17) is 0 Å². The first-order valence-corrected chi connectivity index (χ1v) is 6.75. The number of aromatic carboxylic acids is 1. The van der Waals surface area contributed by atoms with E-state index in [1.54, 1.807) is 16.7 Å². The summed E-state index contributed by atoms with van der Waals surface area (Å²) in [5.41, 5.74) is 3.15. The number of carbonyl (C=O) groups is 1. The number of fused-ring (bicyclic) bond motifs is 1. The number of carboxylic acids is 1. The minimum atomic E-state index is -1.13. The lowest BCUT2D eigenvalue weighted by Crippen LogP contribution is -1.96. The van der Waals surface area contributed by atoms with Crippen molar-refractivity contribution < 1.29 is 9.90 Å². The second kappa shape index (κ2) is 5.40. The summed E-state index contributed by atoms with van der Waals surface area (Å²) in [6, 6.07) is 11.2. The average molecular weight is 294 g/mol. The van der Waals surface area contributed by atoms with Gasteiger partial charge in [0.2, 0.25) is 0 Å². The van der Waals surface area contributed by atoms with Crippen LogP contribution in [-0.4, -0.2) is 20.5 Å². The number of nitrogens with zero attached hydrogens (tertiary/aromatic N) is 4.